The minimum Gasteiger partial charge on any atom is -0.460 e. The minimum absolute atomic E-state index is 0.0789. The number of hydrogen-bond donors (Lipinski definition) is 0. The molecule has 1 aliphatic carbocycles. The fourth-order valence-corrected chi connectivity index (χ4v) is 4.92. The van der Waals surface area contributed by atoms with Crippen LogP contribution in [0.2, 0.25) is 0 Å². The molecular formula is C23H20BrNO4. The van der Waals surface area contributed by atoms with Crippen LogP contribution >= 0.6 is 15.9 Å². The summed E-state index contributed by atoms with van der Waals surface area (Å²) >= 11 is 3.53. The predicted molar refractivity (Wildman–Crippen MR) is 110 cm³/mol. The van der Waals surface area contributed by atoms with Crippen molar-refractivity contribution in [1.82, 2.24) is 4.90 Å². The third-order valence-electron chi connectivity index (χ3n) is 5.82. The lowest BCUT2D eigenvalue weighted by atomic mass is 9.85. The van der Waals surface area contributed by atoms with Crippen molar-refractivity contribution in [2.24, 2.45) is 11.8 Å². The summed E-state index contributed by atoms with van der Waals surface area (Å²) in [5.41, 5.74) is 2.64. The summed E-state index contributed by atoms with van der Waals surface area (Å²) in [6, 6.07) is 13.6. The summed E-state index contributed by atoms with van der Waals surface area (Å²) in [5.74, 6) is 0.0879. The first-order valence-electron chi connectivity index (χ1n) is 9.76. The zero-order chi connectivity index (χ0) is 20.0. The zero-order valence-corrected chi connectivity index (χ0v) is 17.3. The van der Waals surface area contributed by atoms with Crippen molar-refractivity contribution < 1.29 is 19.1 Å². The SMILES string of the molecule is O=C1C2CC=CCC2C(=O)N1Cc1cc(Br)cc2c1OC(c1ccccc1)OC2. The molecule has 3 aliphatic rings. The molecule has 0 N–H and O–H groups in total. The molecular weight excluding hydrogens is 434 g/mol. The summed E-state index contributed by atoms with van der Waals surface area (Å²) in [6.07, 6.45) is 4.77. The van der Waals surface area contributed by atoms with Crippen LogP contribution in [0.1, 0.15) is 35.8 Å². The number of fused-ring (bicyclic) bond motifs is 2. The lowest BCUT2D eigenvalue weighted by Gasteiger charge is -2.29. The third-order valence-corrected chi connectivity index (χ3v) is 6.28. The molecule has 5 nitrogen and oxygen atoms in total. The fourth-order valence-electron chi connectivity index (χ4n) is 4.36. The van der Waals surface area contributed by atoms with Crippen molar-refractivity contribution in [1.29, 1.82) is 0 Å². The van der Waals surface area contributed by atoms with Crippen molar-refractivity contribution in [3.63, 3.8) is 0 Å². The number of rotatable bonds is 3. The predicted octanol–water partition coefficient (Wildman–Crippen LogP) is 4.51. The van der Waals surface area contributed by atoms with E-state index in [2.05, 4.69) is 15.9 Å². The first-order valence-corrected chi connectivity index (χ1v) is 10.6. The molecule has 0 radical (unpaired) electrons. The number of allylic oxidation sites excluding steroid dienone is 2. The van der Waals surface area contributed by atoms with E-state index in [0.29, 0.717) is 25.2 Å². The molecule has 0 bridgehead atoms. The van der Waals surface area contributed by atoms with E-state index in [1.54, 1.807) is 0 Å². The quantitative estimate of drug-likeness (QED) is 0.506. The van der Waals surface area contributed by atoms with Gasteiger partial charge in [-0.3, -0.25) is 14.5 Å². The summed E-state index contributed by atoms with van der Waals surface area (Å²) in [7, 11) is 0. The van der Waals surface area contributed by atoms with Gasteiger partial charge in [0, 0.05) is 21.2 Å². The van der Waals surface area contributed by atoms with Gasteiger partial charge >= 0.3 is 0 Å². The Morgan fingerprint density at radius 2 is 1.69 bits per heavy atom. The van der Waals surface area contributed by atoms with E-state index in [1.165, 1.54) is 4.90 Å². The van der Waals surface area contributed by atoms with Gasteiger partial charge in [-0.15, -0.1) is 0 Å². The maximum absolute atomic E-state index is 12.9. The van der Waals surface area contributed by atoms with Crippen molar-refractivity contribution in [2.75, 3.05) is 0 Å². The number of ether oxygens (including phenoxy) is 2. The second kappa shape index (κ2) is 7.43. The summed E-state index contributed by atoms with van der Waals surface area (Å²) < 4.78 is 13.0. The fraction of sp³-hybridized carbons (Fsp3) is 0.304. The number of imide groups is 1. The number of amides is 2. The van der Waals surface area contributed by atoms with Gasteiger partial charge in [-0.05, 0) is 25.0 Å². The molecule has 5 rings (SSSR count). The number of hydrogen-bond acceptors (Lipinski definition) is 4. The molecule has 0 aromatic heterocycles. The smallest absolute Gasteiger partial charge is 0.233 e. The van der Waals surface area contributed by atoms with E-state index in [9.17, 15) is 9.59 Å². The number of benzene rings is 2. The van der Waals surface area contributed by atoms with Gasteiger partial charge in [-0.2, -0.15) is 0 Å². The second-order valence-electron chi connectivity index (χ2n) is 7.64. The van der Waals surface area contributed by atoms with Crippen LogP contribution in [0.5, 0.6) is 5.75 Å². The normalized spacial score (nSPS) is 25.6. The van der Waals surface area contributed by atoms with Crippen LogP contribution in [-0.2, 0) is 27.5 Å². The third kappa shape index (κ3) is 3.30. The van der Waals surface area contributed by atoms with Gasteiger partial charge in [0.2, 0.25) is 18.1 Å². The van der Waals surface area contributed by atoms with Crippen LogP contribution in [0.25, 0.3) is 0 Å². The largest absolute Gasteiger partial charge is 0.460 e. The highest BCUT2D eigenvalue weighted by atomic mass is 79.9. The van der Waals surface area contributed by atoms with Gasteiger partial charge in [-0.25, -0.2) is 0 Å². The van der Waals surface area contributed by atoms with Gasteiger partial charge in [0.1, 0.15) is 5.75 Å². The summed E-state index contributed by atoms with van der Waals surface area (Å²) in [5, 5.41) is 0. The maximum Gasteiger partial charge on any atom is 0.233 e. The van der Waals surface area contributed by atoms with Gasteiger partial charge in [0.05, 0.1) is 25.0 Å². The first kappa shape index (κ1) is 18.6. The summed E-state index contributed by atoms with van der Waals surface area (Å²) in [4.78, 5) is 27.2. The molecule has 148 valence electrons. The molecule has 2 aliphatic heterocycles. The molecule has 2 heterocycles. The standard InChI is InChI=1S/C23H20BrNO4/c24-17-10-15(12-25-21(26)18-8-4-5-9-19(18)22(25)27)20-16(11-17)13-28-23(29-20)14-6-2-1-3-7-14/h1-7,10-11,18-19,23H,8-9,12-13H2. The van der Waals surface area contributed by atoms with Crippen molar-refractivity contribution in [2.45, 2.75) is 32.3 Å². The number of carbonyl (C=O) groups is 2. The highest BCUT2D eigenvalue weighted by molar-refractivity contribution is 9.10. The van der Waals surface area contributed by atoms with Crippen molar-refractivity contribution in [3.05, 3.63) is 75.8 Å². The van der Waals surface area contributed by atoms with Crippen LogP contribution in [0.4, 0.5) is 0 Å². The van der Waals surface area contributed by atoms with Crippen LogP contribution in [0.15, 0.2) is 59.1 Å². The zero-order valence-electron chi connectivity index (χ0n) is 15.7. The molecule has 6 heteroatoms. The molecule has 3 unspecified atom stereocenters. The van der Waals surface area contributed by atoms with Crippen LogP contribution in [0, 0.1) is 11.8 Å². The molecule has 0 saturated carbocycles. The number of nitrogens with zero attached hydrogens (tertiary/aromatic N) is 1. The maximum atomic E-state index is 12.9. The topological polar surface area (TPSA) is 55.8 Å². The molecule has 0 spiro atoms. The molecule has 1 fully saturated rings. The Morgan fingerprint density at radius 1 is 1.00 bits per heavy atom. The first-order chi connectivity index (χ1) is 14.1. The van der Waals surface area contributed by atoms with E-state index in [1.807, 2.05) is 54.6 Å². The van der Waals surface area contributed by atoms with Crippen LogP contribution in [0.3, 0.4) is 0 Å². The van der Waals surface area contributed by atoms with E-state index >= 15 is 0 Å². The number of carbonyl (C=O) groups excluding carboxylic acids is 2. The van der Waals surface area contributed by atoms with Crippen LogP contribution < -0.4 is 4.74 Å². The Morgan fingerprint density at radius 3 is 2.38 bits per heavy atom. The molecule has 2 aromatic rings. The minimum atomic E-state index is -0.514. The van der Waals surface area contributed by atoms with Crippen molar-refractivity contribution >= 4 is 27.7 Å². The van der Waals surface area contributed by atoms with Gasteiger partial charge < -0.3 is 9.47 Å². The van der Waals surface area contributed by atoms with E-state index in [-0.39, 0.29) is 30.2 Å². The Kier molecular flexibility index (Phi) is 4.76. The van der Waals surface area contributed by atoms with Gasteiger partial charge in [0.15, 0.2) is 0 Å². The van der Waals surface area contributed by atoms with Crippen molar-refractivity contribution in [3.8, 4) is 5.75 Å². The average molecular weight is 454 g/mol. The lowest BCUT2D eigenvalue weighted by molar-refractivity contribution is -0.140. The van der Waals surface area contributed by atoms with E-state index < -0.39 is 6.29 Å². The van der Waals surface area contributed by atoms with Crippen LogP contribution in [-0.4, -0.2) is 16.7 Å². The highest BCUT2D eigenvalue weighted by Crippen LogP contribution is 2.41. The Balaban J connectivity index is 1.45. The Labute approximate surface area is 177 Å². The molecule has 3 atom stereocenters. The highest BCUT2D eigenvalue weighted by Gasteiger charge is 2.47. The van der Waals surface area contributed by atoms with Gasteiger partial charge in [-0.1, -0.05) is 58.4 Å². The number of likely N-dealkylation sites (tertiary alicyclic amines) is 1. The molecule has 1 saturated heterocycles. The Hall–Kier alpha value is -2.44. The molecule has 2 amide bonds. The van der Waals surface area contributed by atoms with E-state index in [0.717, 1.165) is 21.2 Å². The van der Waals surface area contributed by atoms with E-state index in [4.69, 9.17) is 9.47 Å². The second-order valence-corrected chi connectivity index (χ2v) is 8.56. The lowest BCUT2D eigenvalue weighted by Crippen LogP contribution is -2.31. The summed E-state index contributed by atoms with van der Waals surface area (Å²) in [6.45, 7) is 0.617. The average Bonchev–Trinajstić information content (AvgIpc) is 2.99. The Bertz CT molecular complexity index is 977. The number of halogens is 1. The van der Waals surface area contributed by atoms with Gasteiger partial charge in [0.25, 0.3) is 0 Å². The molecule has 2 aromatic carbocycles. The monoisotopic (exact) mass is 453 g/mol. The molecule has 29 heavy (non-hydrogen) atoms.